The summed E-state index contributed by atoms with van der Waals surface area (Å²) in [7, 11) is 0. The van der Waals surface area contributed by atoms with Gasteiger partial charge in [0, 0.05) is 18.7 Å². The highest BCUT2D eigenvalue weighted by Crippen LogP contribution is 2.22. The van der Waals surface area contributed by atoms with Crippen LogP contribution in [0.1, 0.15) is 38.7 Å². The molecule has 0 aromatic heterocycles. The molecule has 132 valence electrons. The molecule has 0 bridgehead atoms. The maximum Gasteiger partial charge on any atom is 0.310 e. The van der Waals surface area contributed by atoms with Crippen LogP contribution in [0.3, 0.4) is 0 Å². The number of carboxylic acid groups (broad SMARTS) is 1. The number of aliphatic carboxylic acids is 1. The largest absolute Gasteiger partial charge is 0.481 e. The molecule has 1 unspecified atom stereocenters. The molecule has 6 heteroatoms. The van der Waals surface area contributed by atoms with Crippen LogP contribution >= 0.6 is 0 Å². The lowest BCUT2D eigenvalue weighted by Gasteiger charge is -2.17. The van der Waals surface area contributed by atoms with E-state index in [-0.39, 0.29) is 18.3 Å². The average Bonchev–Trinajstić information content (AvgIpc) is 2.85. The van der Waals surface area contributed by atoms with E-state index in [1.807, 2.05) is 38.1 Å². The van der Waals surface area contributed by atoms with Gasteiger partial charge in [0.25, 0.3) is 0 Å². The first-order chi connectivity index (χ1) is 11.3. The topological polar surface area (TPSA) is 84.9 Å². The lowest BCUT2D eigenvalue weighted by atomic mass is 10.1. The van der Waals surface area contributed by atoms with Crippen LogP contribution in [0.15, 0.2) is 24.3 Å². The number of Topliss-reactive ketones (excluding diaryl/α,β-unsaturated/α-hetero) is 1. The standard InChI is InChI=1S/C18H25NO5/c1-18(2)23-12-16(24-18)11-19-14-8-6-13(7-9-14)4-3-5-15(20)10-17(21)22/h6-9,16,19H,3-5,10-12H2,1-2H3,(H,21,22). The molecule has 2 N–H and O–H groups in total. The van der Waals surface area contributed by atoms with Crippen molar-refractivity contribution in [3.8, 4) is 0 Å². The molecule has 0 radical (unpaired) electrons. The van der Waals surface area contributed by atoms with Crippen molar-refractivity contribution in [2.24, 2.45) is 0 Å². The Morgan fingerprint density at radius 1 is 1.29 bits per heavy atom. The highest BCUT2D eigenvalue weighted by atomic mass is 16.7. The number of rotatable bonds is 9. The third kappa shape index (κ3) is 6.29. The number of benzene rings is 1. The predicted molar refractivity (Wildman–Crippen MR) is 90.0 cm³/mol. The van der Waals surface area contributed by atoms with E-state index in [1.165, 1.54) is 0 Å². The summed E-state index contributed by atoms with van der Waals surface area (Å²) in [5.41, 5.74) is 2.14. The van der Waals surface area contributed by atoms with Gasteiger partial charge in [-0.3, -0.25) is 9.59 Å². The van der Waals surface area contributed by atoms with Gasteiger partial charge in [-0.1, -0.05) is 12.1 Å². The van der Waals surface area contributed by atoms with Crippen molar-refractivity contribution in [2.45, 2.75) is 51.4 Å². The molecule has 0 amide bonds. The van der Waals surface area contributed by atoms with E-state index in [0.717, 1.165) is 17.7 Å². The molecular weight excluding hydrogens is 310 g/mol. The molecule has 24 heavy (non-hydrogen) atoms. The second-order valence-corrected chi connectivity index (χ2v) is 6.49. The molecule has 2 rings (SSSR count). The number of ether oxygens (including phenoxy) is 2. The van der Waals surface area contributed by atoms with E-state index in [1.54, 1.807) is 0 Å². The summed E-state index contributed by atoms with van der Waals surface area (Å²) in [6, 6.07) is 8.02. The molecule has 1 atom stereocenters. The molecule has 6 nitrogen and oxygen atoms in total. The Hall–Kier alpha value is -1.92. The van der Waals surface area contributed by atoms with E-state index in [2.05, 4.69) is 5.32 Å². The summed E-state index contributed by atoms with van der Waals surface area (Å²) in [6.45, 7) is 5.08. The number of ketones is 1. The summed E-state index contributed by atoms with van der Waals surface area (Å²) in [5.74, 6) is -1.79. The number of hydrogen-bond donors (Lipinski definition) is 2. The fraction of sp³-hybridized carbons (Fsp3) is 0.556. The van der Waals surface area contributed by atoms with Gasteiger partial charge in [-0.05, 0) is 44.4 Å². The van der Waals surface area contributed by atoms with Gasteiger partial charge in [0.15, 0.2) is 5.79 Å². The fourth-order valence-corrected chi connectivity index (χ4v) is 2.63. The Balaban J connectivity index is 1.69. The van der Waals surface area contributed by atoms with E-state index in [9.17, 15) is 9.59 Å². The van der Waals surface area contributed by atoms with Crippen LogP contribution in [0.4, 0.5) is 5.69 Å². The second-order valence-electron chi connectivity index (χ2n) is 6.49. The predicted octanol–water partition coefficient (Wildman–Crippen LogP) is 2.62. The van der Waals surface area contributed by atoms with Gasteiger partial charge in [-0.25, -0.2) is 0 Å². The van der Waals surface area contributed by atoms with Crippen LogP contribution in [0.2, 0.25) is 0 Å². The number of anilines is 1. The molecule has 1 heterocycles. The minimum absolute atomic E-state index is 0.0416. The van der Waals surface area contributed by atoms with Crippen molar-refractivity contribution in [3.05, 3.63) is 29.8 Å². The molecular formula is C18H25NO5. The van der Waals surface area contributed by atoms with Gasteiger partial charge in [0.1, 0.15) is 18.3 Å². The second kappa shape index (κ2) is 8.26. The number of carboxylic acids is 1. The average molecular weight is 335 g/mol. The lowest BCUT2D eigenvalue weighted by Crippen LogP contribution is -2.25. The zero-order chi connectivity index (χ0) is 17.6. The van der Waals surface area contributed by atoms with Gasteiger partial charge >= 0.3 is 5.97 Å². The van der Waals surface area contributed by atoms with Crippen LogP contribution in [0.5, 0.6) is 0 Å². The van der Waals surface area contributed by atoms with Crippen molar-refractivity contribution < 1.29 is 24.2 Å². The van der Waals surface area contributed by atoms with Crippen LogP contribution < -0.4 is 5.32 Å². The van der Waals surface area contributed by atoms with Gasteiger partial charge < -0.3 is 19.9 Å². The molecule has 0 spiro atoms. The molecule has 0 aliphatic carbocycles. The molecule has 1 aromatic carbocycles. The Kier molecular flexibility index (Phi) is 6.34. The number of hydrogen-bond acceptors (Lipinski definition) is 5. The molecule has 1 aliphatic heterocycles. The van der Waals surface area contributed by atoms with Crippen molar-refractivity contribution in [3.63, 3.8) is 0 Å². The van der Waals surface area contributed by atoms with Crippen LogP contribution in [0.25, 0.3) is 0 Å². The first-order valence-corrected chi connectivity index (χ1v) is 8.22. The van der Waals surface area contributed by atoms with Crippen LogP contribution in [0, 0.1) is 0 Å². The molecule has 1 saturated heterocycles. The Morgan fingerprint density at radius 2 is 2.00 bits per heavy atom. The van der Waals surface area contributed by atoms with E-state index < -0.39 is 11.8 Å². The maximum absolute atomic E-state index is 11.3. The van der Waals surface area contributed by atoms with Gasteiger partial charge in [-0.2, -0.15) is 0 Å². The van der Waals surface area contributed by atoms with Crippen molar-refractivity contribution in [2.75, 3.05) is 18.5 Å². The number of nitrogens with one attached hydrogen (secondary N) is 1. The summed E-state index contributed by atoms with van der Waals surface area (Å²) >= 11 is 0. The van der Waals surface area contributed by atoms with E-state index in [4.69, 9.17) is 14.6 Å². The first kappa shape index (κ1) is 18.4. The Labute approximate surface area is 142 Å². The minimum atomic E-state index is -1.06. The number of carbonyl (C=O) groups excluding carboxylic acids is 1. The fourth-order valence-electron chi connectivity index (χ4n) is 2.63. The van der Waals surface area contributed by atoms with Crippen LogP contribution in [-0.2, 0) is 25.5 Å². The van der Waals surface area contributed by atoms with Gasteiger partial charge in [0.05, 0.1) is 6.61 Å². The maximum atomic E-state index is 11.3. The SMILES string of the molecule is CC1(C)OCC(CNc2ccc(CCCC(=O)CC(=O)O)cc2)O1. The van der Waals surface area contributed by atoms with Crippen molar-refractivity contribution in [1.29, 1.82) is 0 Å². The molecule has 1 aliphatic rings. The highest BCUT2D eigenvalue weighted by molar-refractivity contribution is 5.94. The lowest BCUT2D eigenvalue weighted by molar-refractivity contribution is -0.140. The van der Waals surface area contributed by atoms with E-state index >= 15 is 0 Å². The van der Waals surface area contributed by atoms with Crippen molar-refractivity contribution >= 4 is 17.4 Å². The van der Waals surface area contributed by atoms with Crippen LogP contribution in [-0.4, -0.2) is 41.9 Å². The highest BCUT2D eigenvalue weighted by Gasteiger charge is 2.32. The Morgan fingerprint density at radius 3 is 2.58 bits per heavy atom. The summed E-state index contributed by atoms with van der Waals surface area (Å²) in [6.07, 6.45) is 1.40. The monoisotopic (exact) mass is 335 g/mol. The third-order valence-corrected chi connectivity index (χ3v) is 3.82. The smallest absolute Gasteiger partial charge is 0.310 e. The zero-order valence-electron chi connectivity index (χ0n) is 14.2. The van der Waals surface area contributed by atoms with Crippen molar-refractivity contribution in [1.82, 2.24) is 0 Å². The number of aryl methyl sites for hydroxylation is 1. The molecule has 1 aromatic rings. The minimum Gasteiger partial charge on any atom is -0.481 e. The molecule has 1 fully saturated rings. The first-order valence-electron chi connectivity index (χ1n) is 8.22. The van der Waals surface area contributed by atoms with E-state index in [0.29, 0.717) is 26.0 Å². The summed E-state index contributed by atoms with van der Waals surface area (Å²) < 4.78 is 11.3. The molecule has 0 saturated carbocycles. The number of carbonyl (C=O) groups is 2. The van der Waals surface area contributed by atoms with Gasteiger partial charge in [-0.15, -0.1) is 0 Å². The third-order valence-electron chi connectivity index (χ3n) is 3.82. The van der Waals surface area contributed by atoms with Gasteiger partial charge in [0.2, 0.25) is 0 Å². The summed E-state index contributed by atoms with van der Waals surface area (Å²) in [5, 5.41) is 11.9. The Bertz CT molecular complexity index is 567. The quantitative estimate of drug-likeness (QED) is 0.675. The normalized spacial score (nSPS) is 19.2. The summed E-state index contributed by atoms with van der Waals surface area (Å²) in [4.78, 5) is 21.8. The zero-order valence-corrected chi connectivity index (χ0v) is 14.2.